The maximum atomic E-state index is 14.7. The van der Waals surface area contributed by atoms with Crippen LogP contribution in [0.3, 0.4) is 0 Å². The Bertz CT molecular complexity index is 1290. The molecule has 1 fully saturated rings. The van der Waals surface area contributed by atoms with Crippen LogP contribution in [0.5, 0.6) is 0 Å². The highest BCUT2D eigenvalue weighted by atomic mass is 35.5. The summed E-state index contributed by atoms with van der Waals surface area (Å²) in [4.78, 5) is 51.2. The molecule has 1 unspecified atom stereocenters. The van der Waals surface area contributed by atoms with Gasteiger partial charge in [-0.25, -0.2) is 0 Å². The van der Waals surface area contributed by atoms with E-state index in [2.05, 4.69) is 0 Å². The van der Waals surface area contributed by atoms with E-state index in [0.717, 1.165) is 17.0 Å². The number of halogens is 3. The van der Waals surface area contributed by atoms with E-state index >= 15 is 0 Å². The molecule has 7 nitrogen and oxygen atoms in total. The topological polar surface area (TPSA) is 86.8 Å². The highest BCUT2D eigenvalue weighted by Crippen LogP contribution is 2.36. The van der Waals surface area contributed by atoms with E-state index in [1.54, 1.807) is 0 Å². The fourth-order valence-electron chi connectivity index (χ4n) is 4.13. The number of amides is 4. The van der Waals surface area contributed by atoms with Gasteiger partial charge in [-0.1, -0.05) is 35.9 Å². The lowest BCUT2D eigenvalue weighted by molar-refractivity contribution is -0.148. The summed E-state index contributed by atoms with van der Waals surface area (Å²) in [6, 6.07) is 8.37. The minimum Gasteiger partial charge on any atom is -0.358 e. The number of piperidine rings is 1. The van der Waals surface area contributed by atoms with Crippen LogP contribution in [-0.2, 0) is 32.2 Å². The molecule has 2 heterocycles. The van der Waals surface area contributed by atoms with Gasteiger partial charge in [-0.3, -0.25) is 19.2 Å². The number of alkyl halides is 2. The average Bonchev–Trinajstić information content (AvgIpc) is 3.17. The molecule has 0 aromatic heterocycles. The van der Waals surface area contributed by atoms with Gasteiger partial charge in [0.1, 0.15) is 7.85 Å². The van der Waals surface area contributed by atoms with E-state index in [-0.39, 0.29) is 35.5 Å². The first-order chi connectivity index (χ1) is 16.7. The number of benzene rings is 2. The van der Waals surface area contributed by atoms with E-state index in [1.807, 2.05) is 5.32 Å². The summed E-state index contributed by atoms with van der Waals surface area (Å²) in [5.74, 6) is -7.90. The normalized spacial score (nSPS) is 20.5. The van der Waals surface area contributed by atoms with E-state index in [9.17, 15) is 28.0 Å². The predicted molar refractivity (Wildman–Crippen MR) is 128 cm³/mol. The Morgan fingerprint density at radius 3 is 2.31 bits per heavy atom. The molecule has 0 bridgehead atoms. The number of nitrogens with zero attached hydrogens (tertiary/aromatic N) is 2. The lowest BCUT2D eigenvalue weighted by Gasteiger charge is -2.43. The monoisotopic (exact) mass is 501 g/mol. The smallest absolute Gasteiger partial charge is 0.349 e. The fraction of sp³-hybridized carbons (Fsp3) is 0.273. The minimum absolute atomic E-state index is 0.00725. The predicted octanol–water partition coefficient (Wildman–Crippen LogP) is 0.749. The molecule has 2 aromatic rings. The van der Waals surface area contributed by atoms with Crippen LogP contribution in [0.2, 0.25) is 5.02 Å². The largest absolute Gasteiger partial charge is 0.358 e. The number of hydrogen-bond donors (Lipinski definition) is 1. The standard InChI is InChI=1S/C22H14B4ClF2N3O4/c23-20(8-7-16(33)32(26)19(20)36)31-10-11-9-13(3-6-15(11)17(31)34)22(24,25)30-18(35)21(28,29)12-1-4-14(27)5-2-12/h1-6,9H,7-8,10H2,(H,30,35). The second kappa shape index (κ2) is 8.80. The third-order valence-corrected chi connectivity index (χ3v) is 6.51. The molecule has 0 spiro atoms. The van der Waals surface area contributed by atoms with Gasteiger partial charge in [-0.15, -0.1) is 0 Å². The van der Waals surface area contributed by atoms with Crippen LogP contribution in [0.1, 0.15) is 39.9 Å². The molecular formula is C22H14B4ClF2N3O4. The third kappa shape index (κ3) is 4.23. The van der Waals surface area contributed by atoms with E-state index in [0.29, 0.717) is 10.4 Å². The molecule has 1 atom stereocenters. The number of imide groups is 1. The average molecular weight is 501 g/mol. The van der Waals surface area contributed by atoms with Crippen LogP contribution < -0.4 is 5.32 Å². The Balaban J connectivity index is 1.57. The van der Waals surface area contributed by atoms with Crippen LogP contribution >= 0.6 is 11.6 Å². The summed E-state index contributed by atoms with van der Waals surface area (Å²) in [6.07, 6.45) is -0.287. The van der Waals surface area contributed by atoms with Gasteiger partial charge in [0.15, 0.2) is 0 Å². The molecule has 0 aliphatic carbocycles. The van der Waals surface area contributed by atoms with Crippen molar-refractivity contribution in [2.45, 2.75) is 36.1 Å². The quantitative estimate of drug-likeness (QED) is 0.485. The summed E-state index contributed by atoms with van der Waals surface area (Å²) in [5, 5.41) is -0.115. The lowest BCUT2D eigenvalue weighted by atomic mass is 9.57. The van der Waals surface area contributed by atoms with Gasteiger partial charge >= 0.3 is 5.92 Å². The van der Waals surface area contributed by atoms with E-state index in [1.165, 1.54) is 30.3 Å². The highest BCUT2D eigenvalue weighted by Gasteiger charge is 2.50. The number of hydrogen-bond acceptors (Lipinski definition) is 4. The van der Waals surface area contributed by atoms with Crippen molar-refractivity contribution in [3.05, 3.63) is 69.7 Å². The lowest BCUT2D eigenvalue weighted by Crippen LogP contribution is -2.64. The van der Waals surface area contributed by atoms with Gasteiger partial charge in [-0.05, 0) is 41.1 Å². The maximum Gasteiger partial charge on any atom is 0.349 e. The minimum atomic E-state index is -3.98. The first-order valence-corrected chi connectivity index (χ1v) is 11.0. The summed E-state index contributed by atoms with van der Waals surface area (Å²) >= 11 is 5.71. The molecule has 36 heavy (non-hydrogen) atoms. The molecule has 2 aliphatic heterocycles. The first-order valence-electron chi connectivity index (χ1n) is 10.6. The number of fused-ring (bicyclic) bond motifs is 1. The molecule has 0 saturated carbocycles. The van der Waals surface area contributed by atoms with Crippen LogP contribution in [0, 0.1) is 0 Å². The van der Waals surface area contributed by atoms with E-state index in [4.69, 9.17) is 43.1 Å². The van der Waals surface area contributed by atoms with Crippen molar-refractivity contribution in [2.24, 2.45) is 0 Å². The number of carbonyl (C=O) groups is 4. The van der Waals surface area contributed by atoms with Crippen molar-refractivity contribution in [3.8, 4) is 0 Å². The summed E-state index contributed by atoms with van der Waals surface area (Å²) < 4.78 is 29.4. The summed E-state index contributed by atoms with van der Waals surface area (Å²) in [6.45, 7) is -0.169. The maximum absolute atomic E-state index is 14.7. The van der Waals surface area contributed by atoms with Crippen LogP contribution in [0.25, 0.3) is 0 Å². The SMILES string of the molecule is [B]N1C(=O)CCC([B])(N2Cc3cc(C([B])([B])NC(=O)C(F)(F)c4ccc(Cl)cc4)ccc3C2=O)C1=O. The number of rotatable bonds is 5. The van der Waals surface area contributed by atoms with Crippen LogP contribution in [-0.4, -0.2) is 70.3 Å². The number of nitrogens with one attached hydrogen (secondary N) is 1. The van der Waals surface area contributed by atoms with Crippen molar-refractivity contribution in [1.82, 2.24) is 15.0 Å². The molecule has 4 amide bonds. The zero-order valence-electron chi connectivity index (χ0n) is 18.6. The highest BCUT2D eigenvalue weighted by molar-refractivity contribution is 6.41. The Hall–Kier alpha value is -3.07. The molecule has 2 aromatic carbocycles. The molecule has 14 heteroatoms. The number of carbonyl (C=O) groups excluding carboxylic acids is 4. The Labute approximate surface area is 215 Å². The molecule has 2 aliphatic rings. The molecule has 1 N–H and O–H groups in total. The molecular weight excluding hydrogens is 487 g/mol. The van der Waals surface area contributed by atoms with Gasteiger partial charge in [0.2, 0.25) is 19.8 Å². The fourth-order valence-corrected chi connectivity index (χ4v) is 4.25. The zero-order chi connectivity index (χ0) is 26.6. The van der Waals surface area contributed by atoms with Gasteiger partial charge in [-0.2, -0.15) is 8.78 Å². The van der Waals surface area contributed by atoms with Gasteiger partial charge < -0.3 is 15.0 Å². The van der Waals surface area contributed by atoms with Gasteiger partial charge in [0.25, 0.3) is 11.8 Å². The summed E-state index contributed by atoms with van der Waals surface area (Å²) in [7, 11) is 23.7. The third-order valence-electron chi connectivity index (χ3n) is 6.26. The molecule has 174 valence electrons. The first kappa shape index (κ1) is 26.0. The van der Waals surface area contributed by atoms with Crippen LogP contribution in [0.4, 0.5) is 8.78 Å². The second-order valence-electron chi connectivity index (χ2n) is 8.66. The summed E-state index contributed by atoms with van der Waals surface area (Å²) in [5.41, 5.74) is -1.99. The van der Waals surface area contributed by atoms with Crippen molar-refractivity contribution >= 4 is 66.7 Å². The Morgan fingerprint density at radius 2 is 1.67 bits per heavy atom. The molecule has 1 saturated heterocycles. The van der Waals surface area contributed by atoms with Crippen molar-refractivity contribution in [2.75, 3.05) is 0 Å². The molecule has 8 radical (unpaired) electrons. The second-order valence-corrected chi connectivity index (χ2v) is 9.10. The van der Waals surface area contributed by atoms with Crippen molar-refractivity contribution in [1.29, 1.82) is 0 Å². The zero-order valence-corrected chi connectivity index (χ0v) is 19.4. The Morgan fingerprint density at radius 1 is 1.06 bits per heavy atom. The molecule has 4 rings (SSSR count). The van der Waals surface area contributed by atoms with Gasteiger partial charge in [0.05, 0.1) is 21.1 Å². The van der Waals surface area contributed by atoms with Crippen molar-refractivity contribution in [3.63, 3.8) is 0 Å². The van der Waals surface area contributed by atoms with Crippen LogP contribution in [0.15, 0.2) is 42.5 Å². The van der Waals surface area contributed by atoms with E-state index < -0.39 is 45.9 Å². The van der Waals surface area contributed by atoms with Gasteiger partial charge in [0, 0.05) is 29.1 Å². The van der Waals surface area contributed by atoms with Crippen molar-refractivity contribution < 1.29 is 28.0 Å². The Kier molecular flexibility index (Phi) is 6.35.